The van der Waals surface area contributed by atoms with Gasteiger partial charge in [-0.2, -0.15) is 0 Å². The van der Waals surface area contributed by atoms with Gasteiger partial charge in [-0.3, -0.25) is 14.3 Å². The van der Waals surface area contributed by atoms with Crippen molar-refractivity contribution in [2.45, 2.75) is 44.1 Å². The molecule has 0 bridgehead atoms. The van der Waals surface area contributed by atoms with Crippen LogP contribution in [-0.2, 0) is 5.75 Å². The molecule has 0 fully saturated rings. The normalized spacial score (nSPS) is 11.8. The van der Waals surface area contributed by atoms with E-state index in [1.165, 1.54) is 5.56 Å². The molecule has 33 heavy (non-hydrogen) atoms. The summed E-state index contributed by atoms with van der Waals surface area (Å²) in [6.07, 6.45) is 4.42. The van der Waals surface area contributed by atoms with Crippen molar-refractivity contribution >= 4 is 17.7 Å². The van der Waals surface area contributed by atoms with Crippen molar-refractivity contribution < 1.29 is 4.79 Å². The Balaban J connectivity index is 1.55. The molecular weight excluding hydrogens is 430 g/mol. The Morgan fingerprint density at radius 3 is 2.36 bits per heavy atom. The van der Waals surface area contributed by atoms with E-state index in [2.05, 4.69) is 63.2 Å². The van der Waals surface area contributed by atoms with Crippen molar-refractivity contribution in [3.05, 3.63) is 89.7 Å². The third-order valence-electron chi connectivity index (χ3n) is 5.44. The topological polar surface area (TPSA) is 72.7 Å². The number of pyridine rings is 1. The second kappa shape index (κ2) is 10.4. The first-order valence-electron chi connectivity index (χ1n) is 11.0. The van der Waals surface area contributed by atoms with Gasteiger partial charge in [0.1, 0.15) is 0 Å². The lowest BCUT2D eigenvalue weighted by molar-refractivity contribution is 0.0939. The largest absolute Gasteiger partial charge is 0.350 e. The molecule has 4 rings (SSSR count). The smallest absolute Gasteiger partial charge is 0.251 e. The second-order valence-corrected chi connectivity index (χ2v) is 8.92. The van der Waals surface area contributed by atoms with Gasteiger partial charge in [0.25, 0.3) is 5.91 Å². The number of carbonyl (C=O) groups excluding carboxylic acids is 1. The van der Waals surface area contributed by atoms with Crippen molar-refractivity contribution in [2.75, 3.05) is 0 Å². The maximum atomic E-state index is 12.3. The molecule has 0 saturated heterocycles. The number of hydrogen-bond acceptors (Lipinski definition) is 5. The third kappa shape index (κ3) is 5.49. The van der Waals surface area contributed by atoms with E-state index in [9.17, 15) is 4.79 Å². The summed E-state index contributed by atoms with van der Waals surface area (Å²) in [7, 11) is 0. The molecule has 2 aromatic carbocycles. The number of carbonyl (C=O) groups is 1. The standard InChI is InChI=1S/C26H27N5OS/c1-4-19(3)28-25(32)22-9-7-20(8-10-22)17-33-26-30-29-24(21-13-15-27-16-14-21)31(26)23-11-5-18(2)6-12-23/h5-16,19H,4,17H2,1-3H3,(H,28,32)/t19-/m1/s1. The van der Waals surface area contributed by atoms with E-state index >= 15 is 0 Å². The number of nitrogens with one attached hydrogen (secondary N) is 1. The molecule has 4 aromatic rings. The Kier molecular flexibility index (Phi) is 7.19. The lowest BCUT2D eigenvalue weighted by Gasteiger charge is -2.12. The van der Waals surface area contributed by atoms with Crippen LogP contribution in [0.1, 0.15) is 41.8 Å². The molecule has 0 aliphatic heterocycles. The predicted octanol–water partition coefficient (Wildman–Crippen LogP) is 5.46. The molecule has 2 aromatic heterocycles. The summed E-state index contributed by atoms with van der Waals surface area (Å²) in [5.41, 5.74) is 4.96. The van der Waals surface area contributed by atoms with Crippen LogP contribution in [-0.4, -0.2) is 31.7 Å². The van der Waals surface area contributed by atoms with Crippen LogP contribution in [0.4, 0.5) is 0 Å². The van der Waals surface area contributed by atoms with Crippen LogP contribution in [0.5, 0.6) is 0 Å². The molecule has 0 radical (unpaired) electrons. The Morgan fingerprint density at radius 1 is 1.00 bits per heavy atom. The lowest BCUT2D eigenvalue weighted by atomic mass is 10.1. The first-order valence-corrected chi connectivity index (χ1v) is 12.0. The van der Waals surface area contributed by atoms with Crippen LogP contribution in [0.3, 0.4) is 0 Å². The molecule has 7 heteroatoms. The molecular formula is C26H27N5OS. The predicted molar refractivity (Wildman–Crippen MR) is 133 cm³/mol. The second-order valence-electron chi connectivity index (χ2n) is 7.98. The molecule has 1 amide bonds. The van der Waals surface area contributed by atoms with Crippen molar-refractivity contribution in [1.82, 2.24) is 25.1 Å². The fourth-order valence-electron chi connectivity index (χ4n) is 3.29. The number of benzene rings is 2. The van der Waals surface area contributed by atoms with Crippen LogP contribution in [0, 0.1) is 6.92 Å². The van der Waals surface area contributed by atoms with Crippen LogP contribution in [0.2, 0.25) is 0 Å². The molecule has 0 aliphatic rings. The highest BCUT2D eigenvalue weighted by atomic mass is 32.2. The van der Waals surface area contributed by atoms with Gasteiger partial charge < -0.3 is 5.32 Å². The Labute approximate surface area is 198 Å². The molecule has 0 aliphatic carbocycles. The number of aromatic nitrogens is 4. The molecule has 1 N–H and O–H groups in total. The Hall–Kier alpha value is -3.45. The average Bonchev–Trinajstić information content (AvgIpc) is 3.28. The first kappa shape index (κ1) is 22.7. The zero-order valence-corrected chi connectivity index (χ0v) is 19.8. The minimum atomic E-state index is -0.0374. The van der Waals surface area contributed by atoms with Gasteiger partial charge in [-0.05, 0) is 62.2 Å². The summed E-state index contributed by atoms with van der Waals surface area (Å²) in [4.78, 5) is 16.4. The molecule has 2 heterocycles. The summed E-state index contributed by atoms with van der Waals surface area (Å²) in [6.45, 7) is 6.14. The highest BCUT2D eigenvalue weighted by Gasteiger charge is 2.16. The Bertz CT molecular complexity index is 1200. The maximum absolute atomic E-state index is 12.3. The van der Waals surface area contributed by atoms with Gasteiger partial charge in [0, 0.05) is 41.0 Å². The molecule has 0 unspecified atom stereocenters. The number of aryl methyl sites for hydroxylation is 1. The van der Waals surface area contributed by atoms with E-state index in [0.29, 0.717) is 11.3 Å². The van der Waals surface area contributed by atoms with Gasteiger partial charge in [0.05, 0.1) is 0 Å². The highest BCUT2D eigenvalue weighted by Crippen LogP contribution is 2.29. The van der Waals surface area contributed by atoms with Gasteiger partial charge in [0.2, 0.25) is 0 Å². The van der Waals surface area contributed by atoms with Gasteiger partial charge in [-0.25, -0.2) is 0 Å². The fraction of sp³-hybridized carbons (Fsp3) is 0.231. The Morgan fingerprint density at radius 2 is 1.70 bits per heavy atom. The van der Waals surface area contributed by atoms with Crippen molar-refractivity contribution in [2.24, 2.45) is 0 Å². The zero-order valence-electron chi connectivity index (χ0n) is 19.0. The van der Waals surface area contributed by atoms with Crippen LogP contribution >= 0.6 is 11.8 Å². The third-order valence-corrected chi connectivity index (χ3v) is 6.44. The fourth-order valence-corrected chi connectivity index (χ4v) is 4.20. The SMILES string of the molecule is CC[C@@H](C)NC(=O)c1ccc(CSc2nnc(-c3ccncc3)n2-c2ccc(C)cc2)cc1. The summed E-state index contributed by atoms with van der Waals surface area (Å²) >= 11 is 1.62. The minimum Gasteiger partial charge on any atom is -0.350 e. The summed E-state index contributed by atoms with van der Waals surface area (Å²) in [5, 5.41) is 12.8. The highest BCUT2D eigenvalue weighted by molar-refractivity contribution is 7.98. The molecule has 1 atom stereocenters. The van der Waals surface area contributed by atoms with Gasteiger partial charge >= 0.3 is 0 Å². The number of amides is 1. The van der Waals surface area contributed by atoms with Crippen molar-refractivity contribution in [1.29, 1.82) is 0 Å². The molecule has 0 spiro atoms. The van der Waals surface area contributed by atoms with Crippen molar-refractivity contribution in [3.63, 3.8) is 0 Å². The van der Waals surface area contributed by atoms with E-state index in [1.807, 2.05) is 43.3 Å². The average molecular weight is 458 g/mol. The van der Waals surface area contributed by atoms with E-state index in [0.717, 1.165) is 34.2 Å². The van der Waals surface area contributed by atoms with Gasteiger partial charge in [-0.15, -0.1) is 10.2 Å². The number of nitrogens with zero attached hydrogens (tertiary/aromatic N) is 4. The molecule has 0 saturated carbocycles. The van der Waals surface area contributed by atoms with Gasteiger partial charge in [0.15, 0.2) is 11.0 Å². The number of rotatable bonds is 8. The van der Waals surface area contributed by atoms with E-state index in [1.54, 1.807) is 24.2 Å². The monoisotopic (exact) mass is 457 g/mol. The number of hydrogen-bond donors (Lipinski definition) is 1. The lowest BCUT2D eigenvalue weighted by Crippen LogP contribution is -2.31. The minimum absolute atomic E-state index is 0.0374. The van der Waals surface area contributed by atoms with E-state index < -0.39 is 0 Å². The summed E-state index contributed by atoms with van der Waals surface area (Å²) < 4.78 is 2.08. The van der Waals surface area contributed by atoms with E-state index in [-0.39, 0.29) is 11.9 Å². The first-order chi connectivity index (χ1) is 16.0. The van der Waals surface area contributed by atoms with Crippen molar-refractivity contribution in [3.8, 4) is 17.1 Å². The maximum Gasteiger partial charge on any atom is 0.251 e. The number of thioether (sulfide) groups is 1. The molecule has 6 nitrogen and oxygen atoms in total. The van der Waals surface area contributed by atoms with Crippen LogP contribution < -0.4 is 5.32 Å². The van der Waals surface area contributed by atoms with E-state index in [4.69, 9.17) is 0 Å². The van der Waals surface area contributed by atoms with Gasteiger partial charge in [-0.1, -0.05) is 48.5 Å². The van der Waals surface area contributed by atoms with Crippen LogP contribution in [0.15, 0.2) is 78.2 Å². The van der Waals surface area contributed by atoms with Crippen LogP contribution in [0.25, 0.3) is 17.1 Å². The molecule has 168 valence electrons. The zero-order chi connectivity index (χ0) is 23.2. The quantitative estimate of drug-likeness (QED) is 0.356. The summed E-state index contributed by atoms with van der Waals surface area (Å²) in [5.74, 6) is 1.46. The summed E-state index contributed by atoms with van der Waals surface area (Å²) in [6, 6.07) is 20.1.